The van der Waals surface area contributed by atoms with Gasteiger partial charge in [0.25, 0.3) is 0 Å². The van der Waals surface area contributed by atoms with Crippen LogP contribution >= 0.6 is 0 Å². The van der Waals surface area contributed by atoms with Gasteiger partial charge in [0.05, 0.1) is 5.69 Å². The van der Waals surface area contributed by atoms with Gasteiger partial charge in [0.1, 0.15) is 5.82 Å². The standard InChI is InChI=1S/C15H24FN3O/c1-4-7-19(10-15(2,3)9-17)13-6-5-11(14(18)20)8-12(13)16/h5-6,8H,4,7,9-10,17H2,1-3H3,(H2,18,20). The summed E-state index contributed by atoms with van der Waals surface area (Å²) in [4.78, 5) is 13.0. The molecule has 4 nitrogen and oxygen atoms in total. The molecule has 112 valence electrons. The Morgan fingerprint density at radius 1 is 1.40 bits per heavy atom. The van der Waals surface area contributed by atoms with Gasteiger partial charge in [-0.1, -0.05) is 20.8 Å². The molecule has 20 heavy (non-hydrogen) atoms. The summed E-state index contributed by atoms with van der Waals surface area (Å²) in [7, 11) is 0. The van der Waals surface area contributed by atoms with Gasteiger partial charge in [-0.15, -0.1) is 0 Å². The Kier molecular flexibility index (Phi) is 5.51. The van der Waals surface area contributed by atoms with Crippen LogP contribution in [-0.2, 0) is 0 Å². The molecule has 0 heterocycles. The molecule has 0 aliphatic heterocycles. The zero-order valence-electron chi connectivity index (χ0n) is 12.4. The fourth-order valence-corrected chi connectivity index (χ4v) is 2.05. The summed E-state index contributed by atoms with van der Waals surface area (Å²) in [6, 6.07) is 4.35. The van der Waals surface area contributed by atoms with Crippen LogP contribution in [0.15, 0.2) is 18.2 Å². The largest absolute Gasteiger partial charge is 0.369 e. The molecular weight excluding hydrogens is 257 g/mol. The molecule has 1 rings (SSSR count). The van der Waals surface area contributed by atoms with Crippen LogP contribution in [0.5, 0.6) is 0 Å². The van der Waals surface area contributed by atoms with Crippen molar-refractivity contribution in [2.45, 2.75) is 27.2 Å². The van der Waals surface area contributed by atoms with Gasteiger partial charge in [0, 0.05) is 18.7 Å². The fourth-order valence-electron chi connectivity index (χ4n) is 2.05. The van der Waals surface area contributed by atoms with Crippen molar-refractivity contribution in [3.63, 3.8) is 0 Å². The highest BCUT2D eigenvalue weighted by atomic mass is 19.1. The van der Waals surface area contributed by atoms with Gasteiger partial charge in [-0.2, -0.15) is 0 Å². The Balaban J connectivity index is 3.06. The lowest BCUT2D eigenvalue weighted by atomic mass is 9.92. The molecule has 1 aromatic carbocycles. The molecule has 0 saturated carbocycles. The van der Waals surface area contributed by atoms with Crippen LogP contribution in [0.3, 0.4) is 0 Å². The average molecular weight is 281 g/mol. The molecule has 5 heteroatoms. The Bertz CT molecular complexity index is 474. The minimum absolute atomic E-state index is 0.107. The van der Waals surface area contributed by atoms with Crippen LogP contribution in [-0.4, -0.2) is 25.5 Å². The molecular formula is C15H24FN3O. The summed E-state index contributed by atoms with van der Waals surface area (Å²) in [5, 5.41) is 0. The number of amides is 1. The van der Waals surface area contributed by atoms with E-state index in [1.807, 2.05) is 25.7 Å². The first-order valence-electron chi connectivity index (χ1n) is 6.85. The smallest absolute Gasteiger partial charge is 0.248 e. The third kappa shape index (κ3) is 4.20. The number of rotatable bonds is 7. The average Bonchev–Trinajstić information content (AvgIpc) is 2.38. The maximum Gasteiger partial charge on any atom is 0.248 e. The third-order valence-electron chi connectivity index (χ3n) is 3.24. The molecule has 4 N–H and O–H groups in total. The topological polar surface area (TPSA) is 72.3 Å². The maximum atomic E-state index is 14.2. The van der Waals surface area contributed by atoms with Gasteiger partial charge in [-0.3, -0.25) is 4.79 Å². The van der Waals surface area contributed by atoms with Gasteiger partial charge < -0.3 is 16.4 Å². The number of benzene rings is 1. The van der Waals surface area contributed by atoms with E-state index in [0.717, 1.165) is 13.0 Å². The van der Waals surface area contributed by atoms with Crippen molar-refractivity contribution in [2.75, 3.05) is 24.5 Å². The van der Waals surface area contributed by atoms with Gasteiger partial charge in [-0.05, 0) is 36.6 Å². The zero-order valence-corrected chi connectivity index (χ0v) is 12.4. The normalized spacial score (nSPS) is 11.4. The van der Waals surface area contributed by atoms with Gasteiger partial charge in [-0.25, -0.2) is 4.39 Å². The second-order valence-corrected chi connectivity index (χ2v) is 5.82. The first kappa shape index (κ1) is 16.4. The van der Waals surface area contributed by atoms with Crippen molar-refractivity contribution < 1.29 is 9.18 Å². The lowest BCUT2D eigenvalue weighted by molar-refractivity contribution is 0.1000. The lowest BCUT2D eigenvalue weighted by Gasteiger charge is -2.33. The number of nitrogens with two attached hydrogens (primary N) is 2. The Morgan fingerprint density at radius 2 is 2.05 bits per heavy atom. The Hall–Kier alpha value is -1.62. The van der Waals surface area contributed by atoms with E-state index in [1.165, 1.54) is 6.07 Å². The SMILES string of the molecule is CCCN(CC(C)(C)CN)c1ccc(C(N)=O)cc1F. The van der Waals surface area contributed by atoms with Crippen molar-refractivity contribution >= 4 is 11.6 Å². The number of hydrogen-bond donors (Lipinski definition) is 2. The van der Waals surface area contributed by atoms with Crippen molar-refractivity contribution in [1.82, 2.24) is 0 Å². The van der Waals surface area contributed by atoms with Gasteiger partial charge >= 0.3 is 0 Å². The van der Waals surface area contributed by atoms with E-state index in [1.54, 1.807) is 12.1 Å². The summed E-state index contributed by atoms with van der Waals surface area (Å²) < 4.78 is 14.2. The predicted molar refractivity (Wildman–Crippen MR) is 80.3 cm³/mol. The molecule has 1 amide bonds. The predicted octanol–water partition coefficient (Wildman–Crippen LogP) is 2.13. The van der Waals surface area contributed by atoms with Crippen LogP contribution < -0.4 is 16.4 Å². The van der Waals surface area contributed by atoms with E-state index in [2.05, 4.69) is 0 Å². The second kappa shape index (κ2) is 6.70. The molecule has 0 radical (unpaired) electrons. The highest BCUT2D eigenvalue weighted by Gasteiger charge is 2.22. The minimum Gasteiger partial charge on any atom is -0.369 e. The molecule has 0 aromatic heterocycles. The van der Waals surface area contributed by atoms with E-state index < -0.39 is 11.7 Å². The van der Waals surface area contributed by atoms with Gasteiger partial charge in [0.2, 0.25) is 5.91 Å². The fraction of sp³-hybridized carbons (Fsp3) is 0.533. The van der Waals surface area contributed by atoms with Crippen molar-refractivity contribution in [2.24, 2.45) is 16.9 Å². The zero-order chi connectivity index (χ0) is 15.3. The molecule has 1 aromatic rings. The highest BCUT2D eigenvalue weighted by molar-refractivity contribution is 5.93. The van der Waals surface area contributed by atoms with Crippen molar-refractivity contribution in [3.8, 4) is 0 Å². The second-order valence-electron chi connectivity index (χ2n) is 5.82. The molecule has 0 saturated heterocycles. The quantitative estimate of drug-likeness (QED) is 0.804. The van der Waals surface area contributed by atoms with E-state index >= 15 is 0 Å². The number of carbonyl (C=O) groups excluding carboxylic acids is 1. The molecule has 0 atom stereocenters. The van der Waals surface area contributed by atoms with Gasteiger partial charge in [0.15, 0.2) is 0 Å². The van der Waals surface area contributed by atoms with Crippen LogP contribution in [0.2, 0.25) is 0 Å². The summed E-state index contributed by atoms with van der Waals surface area (Å²) in [6.45, 7) is 8.05. The molecule has 0 fully saturated rings. The van der Waals surface area contributed by atoms with E-state index in [0.29, 0.717) is 18.8 Å². The number of hydrogen-bond acceptors (Lipinski definition) is 3. The van der Waals surface area contributed by atoms with Crippen LogP contribution in [0.4, 0.5) is 10.1 Å². The minimum atomic E-state index is -0.625. The Labute approximate surface area is 119 Å². The van der Waals surface area contributed by atoms with Crippen molar-refractivity contribution in [1.29, 1.82) is 0 Å². The lowest BCUT2D eigenvalue weighted by Crippen LogP contribution is -2.39. The van der Waals surface area contributed by atoms with E-state index in [4.69, 9.17) is 11.5 Å². The molecule has 0 unspecified atom stereocenters. The monoisotopic (exact) mass is 281 g/mol. The molecule has 0 spiro atoms. The number of anilines is 1. The van der Waals surface area contributed by atoms with Crippen LogP contribution in [0.1, 0.15) is 37.6 Å². The number of carbonyl (C=O) groups is 1. The summed E-state index contributed by atoms with van der Waals surface area (Å²) in [5.74, 6) is -1.05. The van der Waals surface area contributed by atoms with E-state index in [9.17, 15) is 9.18 Å². The summed E-state index contributed by atoms with van der Waals surface area (Å²) in [5.41, 5.74) is 11.5. The Morgan fingerprint density at radius 3 is 2.50 bits per heavy atom. The first-order chi connectivity index (χ1) is 9.30. The van der Waals surface area contributed by atoms with Crippen molar-refractivity contribution in [3.05, 3.63) is 29.6 Å². The van der Waals surface area contributed by atoms with E-state index in [-0.39, 0.29) is 11.0 Å². The van der Waals surface area contributed by atoms with Crippen LogP contribution in [0, 0.1) is 11.2 Å². The van der Waals surface area contributed by atoms with Crippen LogP contribution in [0.25, 0.3) is 0 Å². The maximum absolute atomic E-state index is 14.2. The summed E-state index contributed by atoms with van der Waals surface area (Å²) >= 11 is 0. The third-order valence-corrected chi connectivity index (χ3v) is 3.24. The first-order valence-corrected chi connectivity index (χ1v) is 6.85. The number of primary amides is 1. The highest BCUT2D eigenvalue weighted by Crippen LogP contribution is 2.25. The molecule has 0 aliphatic rings. The summed E-state index contributed by atoms with van der Waals surface area (Å²) in [6.07, 6.45) is 0.900. The number of nitrogens with zero attached hydrogens (tertiary/aromatic N) is 1. The molecule has 0 aliphatic carbocycles. The molecule has 0 bridgehead atoms. The number of halogens is 1.